The van der Waals surface area contributed by atoms with Crippen LogP contribution in [0.25, 0.3) is 22.0 Å². The topological polar surface area (TPSA) is 109 Å². The van der Waals surface area contributed by atoms with Crippen LogP contribution in [-0.4, -0.2) is 60.7 Å². The molecule has 1 aliphatic heterocycles. The molecule has 2 heterocycles. The van der Waals surface area contributed by atoms with Crippen LogP contribution in [0.15, 0.2) is 114 Å². The van der Waals surface area contributed by atoms with Crippen molar-refractivity contribution in [2.75, 3.05) is 31.2 Å². The number of urea groups is 1. The summed E-state index contributed by atoms with van der Waals surface area (Å²) < 4.78 is 34.7. The summed E-state index contributed by atoms with van der Waals surface area (Å²) >= 11 is 0. The highest BCUT2D eigenvalue weighted by molar-refractivity contribution is 7.90. The number of amides is 2. The highest BCUT2D eigenvalue weighted by atomic mass is 32.2. The predicted molar refractivity (Wildman–Crippen MR) is 169 cm³/mol. The summed E-state index contributed by atoms with van der Waals surface area (Å²) in [5, 5.41) is 10.0. The zero-order chi connectivity index (χ0) is 30.7. The van der Waals surface area contributed by atoms with Gasteiger partial charge >= 0.3 is 12.0 Å². The Hall–Kier alpha value is -4.93. The highest BCUT2D eigenvalue weighted by Gasteiger charge is 2.27. The molecule has 1 aliphatic rings. The van der Waals surface area contributed by atoms with Crippen LogP contribution in [0.1, 0.15) is 12.0 Å². The number of fused-ring (bicyclic) bond motifs is 1. The molecular weight excluding hydrogens is 578 g/mol. The number of nitrogens with zero attached hydrogens (tertiary/aromatic N) is 3. The van der Waals surface area contributed by atoms with Crippen LogP contribution in [0.3, 0.4) is 0 Å². The molecule has 6 rings (SSSR count). The molecule has 1 N–H and O–H groups in total. The molecule has 4 aromatic carbocycles. The van der Waals surface area contributed by atoms with Gasteiger partial charge in [0.05, 0.1) is 35.0 Å². The molecule has 0 radical (unpaired) electrons. The first-order valence-electron chi connectivity index (χ1n) is 14.3. The van der Waals surface area contributed by atoms with E-state index in [1.807, 2.05) is 72.8 Å². The van der Waals surface area contributed by atoms with Crippen molar-refractivity contribution < 1.29 is 27.9 Å². The van der Waals surface area contributed by atoms with Gasteiger partial charge in [-0.25, -0.2) is 17.2 Å². The molecule has 44 heavy (non-hydrogen) atoms. The number of aryl methyl sites for hydroxylation is 1. The van der Waals surface area contributed by atoms with Crippen molar-refractivity contribution in [2.45, 2.75) is 17.7 Å². The predicted octanol–water partition coefficient (Wildman–Crippen LogP) is 6.15. The Balaban J connectivity index is 1.38. The molecule has 0 saturated carbocycles. The minimum Gasteiger partial charge on any atom is -0.481 e. The maximum atomic E-state index is 14.0. The van der Waals surface area contributed by atoms with Gasteiger partial charge < -0.3 is 14.7 Å². The van der Waals surface area contributed by atoms with Crippen molar-refractivity contribution in [3.63, 3.8) is 0 Å². The fourth-order valence-electron chi connectivity index (χ4n) is 5.44. The summed E-state index contributed by atoms with van der Waals surface area (Å²) in [5.74, 6) is -0.960. The number of hydrogen-bond donors (Lipinski definition) is 1. The van der Waals surface area contributed by atoms with E-state index < -0.39 is 16.0 Å². The van der Waals surface area contributed by atoms with Crippen LogP contribution in [0, 0.1) is 0 Å². The third-order valence-corrected chi connectivity index (χ3v) is 9.40. The molecule has 0 unspecified atom stereocenters. The number of benzene rings is 4. The van der Waals surface area contributed by atoms with Crippen molar-refractivity contribution in [3.05, 3.63) is 115 Å². The first kappa shape index (κ1) is 29.2. The molecule has 224 valence electrons. The van der Waals surface area contributed by atoms with E-state index in [-0.39, 0.29) is 23.8 Å². The number of morpholine rings is 1. The van der Waals surface area contributed by atoms with Crippen LogP contribution in [0.5, 0.6) is 0 Å². The Bertz CT molecular complexity index is 1900. The van der Waals surface area contributed by atoms with Crippen LogP contribution in [0.2, 0.25) is 0 Å². The summed E-state index contributed by atoms with van der Waals surface area (Å²) in [5.41, 5.74) is 4.15. The summed E-state index contributed by atoms with van der Waals surface area (Å²) in [4.78, 5) is 28.4. The summed E-state index contributed by atoms with van der Waals surface area (Å²) in [6.45, 7) is 1.84. The van der Waals surface area contributed by atoms with Crippen LogP contribution >= 0.6 is 0 Å². The number of carboxylic acids is 1. The van der Waals surface area contributed by atoms with E-state index in [2.05, 4.69) is 0 Å². The molecule has 0 aliphatic carbocycles. The molecule has 1 fully saturated rings. The smallest absolute Gasteiger partial charge is 0.329 e. The quantitative estimate of drug-likeness (QED) is 0.226. The number of anilines is 2. The van der Waals surface area contributed by atoms with Crippen molar-refractivity contribution in [1.29, 1.82) is 0 Å². The van der Waals surface area contributed by atoms with E-state index in [1.165, 1.54) is 22.3 Å². The van der Waals surface area contributed by atoms with E-state index in [9.17, 15) is 23.1 Å². The zero-order valence-electron chi connectivity index (χ0n) is 23.9. The molecule has 0 atom stereocenters. The summed E-state index contributed by atoms with van der Waals surface area (Å²) in [6, 6.07) is 30.5. The van der Waals surface area contributed by atoms with Crippen molar-refractivity contribution in [1.82, 2.24) is 8.87 Å². The molecule has 2 amide bonds. The second-order valence-corrected chi connectivity index (χ2v) is 12.3. The fourth-order valence-corrected chi connectivity index (χ4v) is 6.83. The van der Waals surface area contributed by atoms with Gasteiger partial charge in [0.25, 0.3) is 10.0 Å². The van der Waals surface area contributed by atoms with Crippen molar-refractivity contribution >= 4 is 44.3 Å². The molecular formula is C34H31N3O6S. The molecule has 0 bridgehead atoms. The van der Waals surface area contributed by atoms with E-state index >= 15 is 0 Å². The standard InChI is InChI=1S/C34H31N3O6S/c38-33(39)18-12-27-24-36(32-17-11-26(23-31(27)32)25-7-3-1-4-8-25)44(41,42)30-15-13-29(14-16-30)37(28-9-5-2-6-10-28)34(40)35-19-21-43-22-20-35/h1-11,13-17,23-24H,12,18-22H2,(H,38,39). The van der Waals surface area contributed by atoms with Crippen LogP contribution in [0.4, 0.5) is 16.2 Å². The van der Waals surface area contributed by atoms with E-state index in [0.29, 0.717) is 54.1 Å². The third kappa shape index (κ3) is 5.82. The third-order valence-electron chi connectivity index (χ3n) is 7.71. The largest absolute Gasteiger partial charge is 0.481 e. The van der Waals surface area contributed by atoms with E-state index in [4.69, 9.17) is 4.74 Å². The molecule has 9 nitrogen and oxygen atoms in total. The molecule has 10 heteroatoms. The Labute approximate surface area is 255 Å². The number of ether oxygens (including phenoxy) is 1. The van der Waals surface area contributed by atoms with Crippen LogP contribution < -0.4 is 4.90 Å². The van der Waals surface area contributed by atoms with Gasteiger partial charge in [-0.2, -0.15) is 0 Å². The molecule has 0 spiro atoms. The summed E-state index contributed by atoms with van der Waals surface area (Å²) in [7, 11) is -4.07. The lowest BCUT2D eigenvalue weighted by Crippen LogP contribution is -2.46. The van der Waals surface area contributed by atoms with Crippen LogP contribution in [-0.2, 0) is 26.0 Å². The fraction of sp³-hybridized carbons (Fsp3) is 0.176. The Morgan fingerprint density at radius 3 is 2.09 bits per heavy atom. The van der Waals surface area contributed by atoms with Gasteiger partial charge in [-0.05, 0) is 71.6 Å². The minimum atomic E-state index is -4.07. The zero-order valence-corrected chi connectivity index (χ0v) is 24.7. The average molecular weight is 610 g/mol. The van der Waals surface area contributed by atoms with E-state index in [1.54, 1.807) is 28.0 Å². The minimum absolute atomic E-state index is 0.0434. The normalized spacial score (nSPS) is 13.6. The molecule has 1 aromatic heterocycles. The van der Waals surface area contributed by atoms with Gasteiger partial charge in [0.1, 0.15) is 0 Å². The second kappa shape index (κ2) is 12.4. The maximum absolute atomic E-state index is 14.0. The Morgan fingerprint density at radius 2 is 1.43 bits per heavy atom. The lowest BCUT2D eigenvalue weighted by molar-refractivity contribution is -0.136. The van der Waals surface area contributed by atoms with Crippen molar-refractivity contribution in [3.8, 4) is 11.1 Å². The first-order chi connectivity index (χ1) is 21.3. The number of aliphatic carboxylic acids is 1. The number of para-hydroxylation sites is 1. The lowest BCUT2D eigenvalue weighted by Gasteiger charge is -2.33. The van der Waals surface area contributed by atoms with Crippen molar-refractivity contribution in [2.24, 2.45) is 0 Å². The number of carbonyl (C=O) groups excluding carboxylic acids is 1. The van der Waals surface area contributed by atoms with Gasteiger partial charge in [0.2, 0.25) is 0 Å². The number of hydrogen-bond acceptors (Lipinski definition) is 5. The van der Waals surface area contributed by atoms with E-state index in [0.717, 1.165) is 11.1 Å². The maximum Gasteiger partial charge on any atom is 0.329 e. The number of carboxylic acid groups (broad SMARTS) is 1. The van der Waals surface area contributed by atoms with Gasteiger partial charge in [0.15, 0.2) is 0 Å². The number of aromatic nitrogens is 1. The van der Waals surface area contributed by atoms with Gasteiger partial charge in [-0.3, -0.25) is 9.69 Å². The van der Waals surface area contributed by atoms with Gasteiger partial charge in [0, 0.05) is 31.1 Å². The summed E-state index contributed by atoms with van der Waals surface area (Å²) in [6.07, 6.45) is 1.57. The number of carbonyl (C=O) groups is 2. The highest BCUT2D eigenvalue weighted by Crippen LogP contribution is 2.33. The lowest BCUT2D eigenvalue weighted by atomic mass is 10.0. The SMILES string of the molecule is O=C(O)CCc1cn(S(=O)(=O)c2ccc(N(C(=O)N3CCOCC3)c3ccccc3)cc2)c2ccc(-c3ccccc3)cc12. The second-order valence-electron chi connectivity index (χ2n) is 10.5. The first-order valence-corrected chi connectivity index (χ1v) is 15.8. The molecule has 5 aromatic rings. The van der Waals surface area contributed by atoms with Gasteiger partial charge in [-0.1, -0.05) is 54.6 Å². The van der Waals surface area contributed by atoms with Gasteiger partial charge in [-0.15, -0.1) is 0 Å². The molecule has 1 saturated heterocycles. The Morgan fingerprint density at radius 1 is 0.795 bits per heavy atom. The Kier molecular flexibility index (Phi) is 8.19. The average Bonchev–Trinajstić information content (AvgIpc) is 3.44. The number of rotatable bonds is 8. The monoisotopic (exact) mass is 609 g/mol.